The van der Waals surface area contributed by atoms with Crippen LogP contribution < -0.4 is 5.32 Å². The Morgan fingerprint density at radius 1 is 1.17 bits per heavy atom. The molecule has 0 fully saturated rings. The molecule has 0 saturated heterocycles. The van der Waals surface area contributed by atoms with Gasteiger partial charge < -0.3 is 5.32 Å². The van der Waals surface area contributed by atoms with Crippen molar-refractivity contribution >= 4 is 0 Å². The fourth-order valence-electron chi connectivity index (χ4n) is 2.33. The van der Waals surface area contributed by atoms with E-state index in [2.05, 4.69) is 63.3 Å². The van der Waals surface area contributed by atoms with Gasteiger partial charge in [-0.05, 0) is 42.7 Å². The molecule has 1 nitrogen and oxygen atoms in total. The van der Waals surface area contributed by atoms with Gasteiger partial charge >= 0.3 is 0 Å². The molecule has 1 aromatic carbocycles. The van der Waals surface area contributed by atoms with E-state index in [0.29, 0.717) is 5.41 Å². The summed E-state index contributed by atoms with van der Waals surface area (Å²) in [6.07, 6.45) is 3.78. The van der Waals surface area contributed by atoms with Crippen molar-refractivity contribution in [3.8, 4) is 0 Å². The van der Waals surface area contributed by atoms with Crippen LogP contribution in [0.4, 0.5) is 0 Å². The lowest BCUT2D eigenvalue weighted by molar-refractivity contribution is 0.188. The first-order chi connectivity index (χ1) is 8.58. The second-order valence-corrected chi connectivity index (χ2v) is 5.93. The molecule has 0 aliphatic heterocycles. The summed E-state index contributed by atoms with van der Waals surface area (Å²) in [5.41, 5.74) is 1.89. The molecule has 0 radical (unpaired) electrons. The van der Waals surface area contributed by atoms with Gasteiger partial charge in [-0.3, -0.25) is 0 Å². The van der Waals surface area contributed by atoms with E-state index >= 15 is 0 Å². The number of hydrogen-bond donors (Lipinski definition) is 1. The minimum absolute atomic E-state index is 0.421. The molecule has 0 heterocycles. The van der Waals surface area contributed by atoms with Gasteiger partial charge in [0.2, 0.25) is 0 Å². The lowest BCUT2D eigenvalue weighted by Crippen LogP contribution is -2.36. The normalized spacial score (nSPS) is 14.7. The SMILES string of the molecule is CCNCC(C)(CCCc1ccccc1)C(C)C. The van der Waals surface area contributed by atoms with Crippen molar-refractivity contribution in [3.05, 3.63) is 35.9 Å². The highest BCUT2D eigenvalue weighted by atomic mass is 14.9. The Labute approximate surface area is 113 Å². The fourth-order valence-corrected chi connectivity index (χ4v) is 2.33. The van der Waals surface area contributed by atoms with Crippen molar-refractivity contribution in [3.63, 3.8) is 0 Å². The highest BCUT2D eigenvalue weighted by Gasteiger charge is 2.26. The maximum absolute atomic E-state index is 3.52. The molecule has 0 aliphatic rings. The zero-order valence-electron chi connectivity index (χ0n) is 12.5. The molecule has 102 valence electrons. The van der Waals surface area contributed by atoms with Crippen LogP contribution in [-0.2, 0) is 6.42 Å². The van der Waals surface area contributed by atoms with Crippen LogP contribution in [0.25, 0.3) is 0 Å². The number of nitrogens with one attached hydrogen (secondary N) is 1. The van der Waals surface area contributed by atoms with Gasteiger partial charge in [0, 0.05) is 6.54 Å². The van der Waals surface area contributed by atoms with Crippen molar-refractivity contribution in [1.82, 2.24) is 5.32 Å². The van der Waals surface area contributed by atoms with Crippen molar-refractivity contribution in [2.45, 2.75) is 47.0 Å². The largest absolute Gasteiger partial charge is 0.316 e. The number of rotatable bonds is 8. The van der Waals surface area contributed by atoms with Gasteiger partial charge in [-0.2, -0.15) is 0 Å². The van der Waals surface area contributed by atoms with Crippen LogP contribution in [0.15, 0.2) is 30.3 Å². The van der Waals surface area contributed by atoms with Crippen LogP contribution in [0, 0.1) is 11.3 Å². The van der Waals surface area contributed by atoms with E-state index in [0.717, 1.165) is 19.0 Å². The van der Waals surface area contributed by atoms with Gasteiger partial charge in [0.15, 0.2) is 0 Å². The number of benzene rings is 1. The summed E-state index contributed by atoms with van der Waals surface area (Å²) in [4.78, 5) is 0. The van der Waals surface area contributed by atoms with Gasteiger partial charge in [-0.25, -0.2) is 0 Å². The van der Waals surface area contributed by atoms with Crippen LogP contribution in [0.1, 0.15) is 46.1 Å². The topological polar surface area (TPSA) is 12.0 Å². The summed E-state index contributed by atoms with van der Waals surface area (Å²) in [6, 6.07) is 10.8. The molecule has 1 rings (SSSR count). The highest BCUT2D eigenvalue weighted by molar-refractivity contribution is 5.14. The molecule has 1 atom stereocenters. The lowest BCUT2D eigenvalue weighted by Gasteiger charge is -2.34. The van der Waals surface area contributed by atoms with Crippen molar-refractivity contribution in [2.24, 2.45) is 11.3 Å². The van der Waals surface area contributed by atoms with E-state index in [-0.39, 0.29) is 0 Å². The minimum Gasteiger partial charge on any atom is -0.316 e. The standard InChI is InChI=1S/C17H29N/c1-5-18-14-17(4,15(2)3)13-9-12-16-10-7-6-8-11-16/h6-8,10-11,15,18H,5,9,12-14H2,1-4H3. The first-order valence-electron chi connectivity index (χ1n) is 7.33. The molecule has 0 saturated carbocycles. The smallest absolute Gasteiger partial charge is 0.000750 e. The predicted molar refractivity (Wildman–Crippen MR) is 80.9 cm³/mol. The zero-order valence-corrected chi connectivity index (χ0v) is 12.5. The summed E-state index contributed by atoms with van der Waals surface area (Å²) in [7, 11) is 0. The molecule has 0 amide bonds. The Morgan fingerprint density at radius 3 is 2.39 bits per heavy atom. The van der Waals surface area contributed by atoms with E-state index in [1.54, 1.807) is 0 Å². The monoisotopic (exact) mass is 247 g/mol. The predicted octanol–water partition coefficient (Wildman–Crippen LogP) is 4.28. The van der Waals surface area contributed by atoms with Gasteiger partial charge in [-0.1, -0.05) is 58.0 Å². The van der Waals surface area contributed by atoms with E-state index in [4.69, 9.17) is 0 Å². The molecule has 1 aromatic rings. The zero-order chi connectivity index (χ0) is 13.4. The second-order valence-electron chi connectivity index (χ2n) is 5.93. The van der Waals surface area contributed by atoms with E-state index < -0.39 is 0 Å². The van der Waals surface area contributed by atoms with Crippen LogP contribution in [0.2, 0.25) is 0 Å². The number of aryl methyl sites for hydroxylation is 1. The molecular formula is C17H29N. The quantitative estimate of drug-likeness (QED) is 0.723. The molecule has 18 heavy (non-hydrogen) atoms. The van der Waals surface area contributed by atoms with E-state index in [1.165, 1.54) is 24.8 Å². The van der Waals surface area contributed by atoms with Crippen LogP contribution in [0.5, 0.6) is 0 Å². The maximum atomic E-state index is 3.52. The Kier molecular flexibility index (Phi) is 6.42. The summed E-state index contributed by atoms with van der Waals surface area (Å²) in [6.45, 7) is 11.5. The molecule has 0 spiro atoms. The Hall–Kier alpha value is -0.820. The first-order valence-corrected chi connectivity index (χ1v) is 7.33. The average Bonchev–Trinajstić information content (AvgIpc) is 2.37. The molecule has 1 N–H and O–H groups in total. The van der Waals surface area contributed by atoms with Crippen LogP contribution in [0.3, 0.4) is 0 Å². The molecule has 0 aliphatic carbocycles. The Bertz CT molecular complexity index is 318. The van der Waals surface area contributed by atoms with Crippen molar-refractivity contribution in [1.29, 1.82) is 0 Å². The van der Waals surface area contributed by atoms with Crippen LogP contribution in [-0.4, -0.2) is 13.1 Å². The third-order valence-electron chi connectivity index (χ3n) is 4.23. The number of hydrogen-bond acceptors (Lipinski definition) is 1. The fraction of sp³-hybridized carbons (Fsp3) is 0.647. The Morgan fingerprint density at radius 2 is 1.83 bits per heavy atom. The first kappa shape index (κ1) is 15.2. The van der Waals surface area contributed by atoms with Gasteiger partial charge in [-0.15, -0.1) is 0 Å². The van der Waals surface area contributed by atoms with Crippen molar-refractivity contribution in [2.75, 3.05) is 13.1 Å². The third kappa shape index (κ3) is 4.81. The van der Waals surface area contributed by atoms with Crippen molar-refractivity contribution < 1.29 is 0 Å². The maximum Gasteiger partial charge on any atom is 0.000750 e. The van der Waals surface area contributed by atoms with Gasteiger partial charge in [0.25, 0.3) is 0 Å². The van der Waals surface area contributed by atoms with E-state index in [9.17, 15) is 0 Å². The van der Waals surface area contributed by atoms with Gasteiger partial charge in [0.1, 0.15) is 0 Å². The molecule has 0 aromatic heterocycles. The molecular weight excluding hydrogens is 218 g/mol. The summed E-state index contributed by atoms with van der Waals surface area (Å²) < 4.78 is 0. The lowest BCUT2D eigenvalue weighted by atomic mass is 9.75. The molecule has 1 heteroatoms. The van der Waals surface area contributed by atoms with E-state index in [1.807, 2.05) is 0 Å². The molecule has 0 bridgehead atoms. The minimum atomic E-state index is 0.421. The third-order valence-corrected chi connectivity index (χ3v) is 4.23. The second kappa shape index (κ2) is 7.58. The molecule has 1 unspecified atom stereocenters. The Balaban J connectivity index is 2.42. The summed E-state index contributed by atoms with van der Waals surface area (Å²) in [5.74, 6) is 0.729. The average molecular weight is 247 g/mol. The highest BCUT2D eigenvalue weighted by Crippen LogP contribution is 2.32. The summed E-state index contributed by atoms with van der Waals surface area (Å²) >= 11 is 0. The summed E-state index contributed by atoms with van der Waals surface area (Å²) in [5, 5.41) is 3.52. The van der Waals surface area contributed by atoms with Crippen LogP contribution >= 0.6 is 0 Å². The van der Waals surface area contributed by atoms with Gasteiger partial charge in [0.05, 0.1) is 0 Å².